The largest absolute Gasteiger partial charge is 0.497 e. The molecule has 0 spiro atoms. The highest BCUT2D eigenvalue weighted by atomic mass is 35.5. The van der Waals surface area contributed by atoms with Crippen molar-refractivity contribution in [1.82, 2.24) is 4.90 Å². The van der Waals surface area contributed by atoms with Crippen LogP contribution in [0.5, 0.6) is 5.75 Å². The monoisotopic (exact) mass is 565 g/mol. The number of allylic oxidation sites excluding steroid dienone is 3. The molecule has 4 rings (SSSR count). The minimum absolute atomic E-state index is 0.104. The van der Waals surface area contributed by atoms with Crippen molar-refractivity contribution in [1.29, 1.82) is 0 Å². The number of unbranched alkanes of at least 4 members (excludes halogenated alkanes) is 4. The number of carbonyl (C=O) groups is 3. The molecule has 1 heterocycles. The number of ketones is 2. The molecule has 40 heavy (non-hydrogen) atoms. The zero-order valence-electron chi connectivity index (χ0n) is 23.0. The Morgan fingerprint density at radius 2 is 1.75 bits per heavy atom. The van der Waals surface area contributed by atoms with E-state index in [4.69, 9.17) is 21.1 Å². The summed E-state index contributed by atoms with van der Waals surface area (Å²) >= 11 is 6.33. The summed E-state index contributed by atoms with van der Waals surface area (Å²) in [5, 5.41) is 0.283. The van der Waals surface area contributed by atoms with Crippen molar-refractivity contribution in [2.45, 2.75) is 64.5 Å². The molecule has 0 bridgehead atoms. The van der Waals surface area contributed by atoms with Gasteiger partial charge in [0.15, 0.2) is 0 Å². The summed E-state index contributed by atoms with van der Waals surface area (Å²) < 4.78 is 25.4. The maximum absolute atomic E-state index is 14.7. The predicted molar refractivity (Wildman–Crippen MR) is 151 cm³/mol. The topological polar surface area (TPSA) is 72.9 Å². The van der Waals surface area contributed by atoms with Gasteiger partial charge in [-0.25, -0.2) is 9.18 Å². The Balaban J connectivity index is 1.64. The second-order valence-corrected chi connectivity index (χ2v) is 10.5. The third kappa shape index (κ3) is 6.20. The van der Waals surface area contributed by atoms with Gasteiger partial charge in [0.25, 0.3) is 0 Å². The van der Waals surface area contributed by atoms with Gasteiger partial charge in [0.1, 0.15) is 11.6 Å². The number of hydrogen-bond acceptors (Lipinski definition) is 6. The van der Waals surface area contributed by atoms with Crippen molar-refractivity contribution in [2.75, 3.05) is 7.11 Å². The van der Waals surface area contributed by atoms with E-state index in [0.717, 1.165) is 37.8 Å². The number of ether oxygens (including phenoxy) is 2. The summed E-state index contributed by atoms with van der Waals surface area (Å²) in [6.45, 7) is 3.56. The molecule has 1 aliphatic heterocycles. The summed E-state index contributed by atoms with van der Waals surface area (Å²) in [6.07, 6.45) is 10.8. The fourth-order valence-electron chi connectivity index (χ4n) is 4.80. The summed E-state index contributed by atoms with van der Waals surface area (Å²) in [5.74, 6) is -1.96. The number of benzene rings is 2. The van der Waals surface area contributed by atoms with Crippen molar-refractivity contribution >= 4 is 29.1 Å². The summed E-state index contributed by atoms with van der Waals surface area (Å²) in [5.41, 5.74) is -0.0435. The van der Waals surface area contributed by atoms with Crippen LogP contribution in [0.1, 0.15) is 68.3 Å². The molecule has 2 aromatic rings. The van der Waals surface area contributed by atoms with E-state index < -0.39 is 29.0 Å². The Kier molecular flexibility index (Phi) is 9.25. The van der Waals surface area contributed by atoms with Crippen LogP contribution in [0, 0.1) is 5.82 Å². The van der Waals surface area contributed by atoms with Crippen molar-refractivity contribution in [3.63, 3.8) is 0 Å². The molecule has 0 aromatic heterocycles. The van der Waals surface area contributed by atoms with Crippen LogP contribution in [-0.2, 0) is 20.9 Å². The third-order valence-corrected chi connectivity index (χ3v) is 7.62. The van der Waals surface area contributed by atoms with E-state index in [1.165, 1.54) is 38.3 Å². The summed E-state index contributed by atoms with van der Waals surface area (Å²) in [4.78, 5) is 41.7. The van der Waals surface area contributed by atoms with Crippen molar-refractivity contribution in [3.8, 4) is 5.75 Å². The molecule has 0 N–H and O–H groups in total. The Morgan fingerprint density at radius 1 is 1.02 bits per heavy atom. The first kappa shape index (κ1) is 29.3. The van der Waals surface area contributed by atoms with Crippen molar-refractivity contribution in [3.05, 3.63) is 99.6 Å². The van der Waals surface area contributed by atoms with E-state index in [1.54, 1.807) is 41.4 Å². The van der Waals surface area contributed by atoms with Crippen LogP contribution in [0.15, 0.2) is 77.7 Å². The maximum atomic E-state index is 14.7. The van der Waals surface area contributed by atoms with Crippen LogP contribution in [0.25, 0.3) is 0 Å². The van der Waals surface area contributed by atoms with Crippen LogP contribution in [0.3, 0.4) is 0 Å². The normalized spacial score (nSPS) is 18.5. The van der Waals surface area contributed by atoms with Crippen LogP contribution in [0.2, 0.25) is 5.02 Å². The first-order valence-corrected chi connectivity index (χ1v) is 13.9. The Labute approximate surface area is 239 Å². The molecule has 1 atom stereocenters. The fourth-order valence-corrected chi connectivity index (χ4v) is 5.03. The average molecular weight is 566 g/mol. The average Bonchev–Trinajstić information content (AvgIpc) is 2.94. The van der Waals surface area contributed by atoms with Gasteiger partial charge in [0.05, 0.1) is 19.2 Å². The van der Waals surface area contributed by atoms with Crippen LogP contribution in [-0.4, -0.2) is 35.1 Å². The summed E-state index contributed by atoms with van der Waals surface area (Å²) in [6, 6.07) is 10.7. The van der Waals surface area contributed by atoms with Crippen LogP contribution >= 0.6 is 11.6 Å². The highest BCUT2D eigenvalue weighted by molar-refractivity contribution is 6.31. The third-order valence-electron chi connectivity index (χ3n) is 7.27. The number of nitrogens with zero attached hydrogens (tertiary/aromatic N) is 1. The molecule has 0 saturated carbocycles. The molecule has 0 amide bonds. The molecule has 0 radical (unpaired) electrons. The predicted octanol–water partition coefficient (Wildman–Crippen LogP) is 7.13. The molecule has 0 saturated heterocycles. The van der Waals surface area contributed by atoms with Gasteiger partial charge in [0.2, 0.25) is 17.2 Å². The Hall–Kier alpha value is -3.71. The van der Waals surface area contributed by atoms with E-state index in [0.29, 0.717) is 23.3 Å². The van der Waals surface area contributed by atoms with Gasteiger partial charge in [-0.05, 0) is 73.9 Å². The number of methoxy groups -OCH3 is 1. The van der Waals surface area contributed by atoms with Gasteiger partial charge >= 0.3 is 5.97 Å². The van der Waals surface area contributed by atoms with E-state index in [2.05, 4.69) is 6.92 Å². The first-order chi connectivity index (χ1) is 19.2. The SMILES string of the molecule is CCCCCCCC1=CC2=CC(=O)C(C)(OC(=O)c3ccc(OC)cc3)C(=O)C2=CN1Cc1c(F)cccc1Cl. The minimum atomic E-state index is -2.04. The molecule has 2 aliphatic rings. The number of halogens is 2. The zero-order chi connectivity index (χ0) is 28.9. The fraction of sp³-hybridized carbons (Fsp3) is 0.344. The van der Waals surface area contributed by atoms with Crippen LogP contribution in [0.4, 0.5) is 4.39 Å². The van der Waals surface area contributed by atoms with E-state index >= 15 is 0 Å². The zero-order valence-corrected chi connectivity index (χ0v) is 23.7. The number of carbonyl (C=O) groups excluding carboxylic acids is 3. The van der Waals surface area contributed by atoms with Gasteiger partial charge < -0.3 is 14.4 Å². The molecule has 8 heteroatoms. The Morgan fingerprint density at radius 3 is 2.42 bits per heavy atom. The van der Waals surface area contributed by atoms with Gasteiger partial charge in [-0.1, -0.05) is 50.3 Å². The lowest BCUT2D eigenvalue weighted by Gasteiger charge is -2.35. The Bertz CT molecular complexity index is 1370. The second-order valence-electron chi connectivity index (χ2n) is 10.1. The highest BCUT2D eigenvalue weighted by Gasteiger charge is 2.49. The minimum Gasteiger partial charge on any atom is -0.497 e. The number of rotatable bonds is 11. The molecule has 1 aliphatic carbocycles. The standard InChI is InChI=1S/C32H33ClFNO5/c1-4-5-6-7-8-10-23-17-22-18-29(36)32(2,40-31(38)21-13-15-24(39-3)16-14-21)30(37)25(22)19-35(23)20-26-27(33)11-9-12-28(26)34/h9,11-19H,4-8,10,20H2,1-3H3. The van der Waals surface area contributed by atoms with Crippen molar-refractivity contribution < 1.29 is 28.2 Å². The van der Waals surface area contributed by atoms with Gasteiger partial charge in [-0.15, -0.1) is 0 Å². The molecular weight excluding hydrogens is 533 g/mol. The summed E-state index contributed by atoms with van der Waals surface area (Å²) in [7, 11) is 1.51. The van der Waals surface area contributed by atoms with Gasteiger partial charge in [-0.3, -0.25) is 9.59 Å². The lowest BCUT2D eigenvalue weighted by Crippen LogP contribution is -2.51. The van der Waals surface area contributed by atoms with E-state index in [9.17, 15) is 18.8 Å². The van der Waals surface area contributed by atoms with Crippen molar-refractivity contribution in [2.24, 2.45) is 0 Å². The smallest absolute Gasteiger partial charge is 0.339 e. The number of hydrogen-bond donors (Lipinski definition) is 0. The number of fused-ring (bicyclic) bond motifs is 1. The maximum Gasteiger partial charge on any atom is 0.339 e. The quantitative estimate of drug-likeness (QED) is 0.164. The molecule has 2 aromatic carbocycles. The molecule has 6 nitrogen and oxygen atoms in total. The lowest BCUT2D eigenvalue weighted by molar-refractivity contribution is -0.145. The highest BCUT2D eigenvalue weighted by Crippen LogP contribution is 2.37. The molecule has 210 valence electrons. The lowest BCUT2D eigenvalue weighted by atomic mass is 9.79. The van der Waals surface area contributed by atoms with E-state index in [-0.39, 0.29) is 22.7 Å². The molecule has 1 unspecified atom stereocenters. The second kappa shape index (κ2) is 12.6. The number of Topliss-reactive ketones (excluding diaryl/α,β-unsaturated/α-hetero) is 1. The number of esters is 1. The first-order valence-electron chi connectivity index (χ1n) is 13.5. The van der Waals surface area contributed by atoms with Gasteiger partial charge in [0, 0.05) is 28.1 Å². The van der Waals surface area contributed by atoms with E-state index in [1.807, 2.05) is 0 Å². The van der Waals surface area contributed by atoms with Crippen LogP contribution < -0.4 is 4.74 Å². The van der Waals surface area contributed by atoms with Gasteiger partial charge in [-0.2, -0.15) is 0 Å². The molecule has 0 fully saturated rings. The molecular formula is C32H33ClFNO5.